The van der Waals surface area contributed by atoms with Gasteiger partial charge >= 0.3 is 0 Å². The van der Waals surface area contributed by atoms with E-state index in [9.17, 15) is 9.90 Å². The van der Waals surface area contributed by atoms with Crippen LogP contribution in [0.2, 0.25) is 0 Å². The molecule has 29 heavy (non-hydrogen) atoms. The van der Waals surface area contributed by atoms with Crippen LogP contribution in [0, 0.1) is 5.41 Å². The van der Waals surface area contributed by atoms with E-state index < -0.39 is 0 Å². The number of carbonyl (C=O) groups excluding carboxylic acids is 1. The van der Waals surface area contributed by atoms with Crippen LogP contribution < -0.4 is 10.2 Å². The predicted octanol–water partition coefficient (Wildman–Crippen LogP) is 3.64. The van der Waals surface area contributed by atoms with Gasteiger partial charge in [0.2, 0.25) is 0 Å². The molecule has 7 heteroatoms. The van der Waals surface area contributed by atoms with Crippen molar-refractivity contribution < 1.29 is 14.6 Å². The van der Waals surface area contributed by atoms with Crippen molar-refractivity contribution in [3.63, 3.8) is 0 Å². The molecule has 3 rings (SSSR count). The van der Waals surface area contributed by atoms with E-state index in [1.54, 1.807) is 20.1 Å². The van der Waals surface area contributed by atoms with Gasteiger partial charge in [0.05, 0.1) is 17.4 Å². The summed E-state index contributed by atoms with van der Waals surface area (Å²) >= 11 is 0. The number of pyridine rings is 1. The van der Waals surface area contributed by atoms with Crippen molar-refractivity contribution in [1.29, 1.82) is 5.41 Å². The molecule has 1 saturated heterocycles. The Morgan fingerprint density at radius 2 is 1.97 bits per heavy atom. The summed E-state index contributed by atoms with van der Waals surface area (Å²) < 4.78 is 4.54. The Morgan fingerprint density at radius 1 is 1.34 bits per heavy atom. The number of rotatable bonds is 6. The number of nitrogens with one attached hydrogen (secondary N) is 2. The second-order valence-electron chi connectivity index (χ2n) is 6.82. The van der Waals surface area contributed by atoms with Crippen LogP contribution in [-0.4, -0.2) is 55.0 Å². The van der Waals surface area contributed by atoms with E-state index in [-0.39, 0.29) is 6.10 Å². The lowest BCUT2D eigenvalue weighted by molar-refractivity contribution is 0.111. The zero-order valence-electron chi connectivity index (χ0n) is 17.3. The Hall–Kier alpha value is -2.77. The third-order valence-electron chi connectivity index (χ3n) is 4.64. The number of aromatic nitrogens is 1. The normalized spacial score (nSPS) is 14.0. The number of para-hydroxylation sites is 1. The third-order valence-corrected chi connectivity index (χ3v) is 4.64. The first kappa shape index (κ1) is 22.5. The molecule has 156 valence electrons. The topological polar surface area (TPSA) is 98.5 Å². The predicted molar refractivity (Wildman–Crippen MR) is 117 cm³/mol. The minimum atomic E-state index is -0.282. The number of methoxy groups -OCH3 is 1. The first-order valence-corrected chi connectivity index (χ1v) is 9.79. The summed E-state index contributed by atoms with van der Waals surface area (Å²) in [5.41, 5.74) is 3.05. The molecule has 1 fully saturated rings. The van der Waals surface area contributed by atoms with Gasteiger partial charge in [-0.05, 0) is 44.9 Å². The van der Waals surface area contributed by atoms with Crippen molar-refractivity contribution in [3.8, 4) is 0 Å². The molecule has 1 aliphatic heterocycles. The summed E-state index contributed by atoms with van der Waals surface area (Å²) in [6.45, 7) is 5.87. The van der Waals surface area contributed by atoms with Crippen LogP contribution in [0.25, 0.3) is 0 Å². The van der Waals surface area contributed by atoms with Crippen molar-refractivity contribution in [1.82, 2.24) is 4.98 Å². The quantitative estimate of drug-likeness (QED) is 0.508. The molecule has 7 nitrogen and oxygen atoms in total. The molecule has 0 spiro atoms. The average molecular weight is 399 g/mol. The fourth-order valence-electron chi connectivity index (χ4n) is 3.09. The van der Waals surface area contributed by atoms with E-state index in [4.69, 9.17) is 5.41 Å². The summed E-state index contributed by atoms with van der Waals surface area (Å²) in [6.07, 6.45) is 1.80. The number of nitrogens with zero attached hydrogens (tertiary/aromatic N) is 2. The molecular formula is C22H30N4O3. The van der Waals surface area contributed by atoms with Gasteiger partial charge in [0.25, 0.3) is 0 Å². The number of ether oxygens (including phenoxy) is 1. The van der Waals surface area contributed by atoms with Crippen LogP contribution in [-0.2, 0) is 4.74 Å². The minimum absolute atomic E-state index is 0.282. The van der Waals surface area contributed by atoms with Crippen LogP contribution in [0.15, 0.2) is 36.4 Å². The van der Waals surface area contributed by atoms with Crippen LogP contribution in [0.4, 0.5) is 17.2 Å². The summed E-state index contributed by atoms with van der Waals surface area (Å²) in [5, 5.41) is 21.2. The molecule has 0 unspecified atom stereocenters. The van der Waals surface area contributed by atoms with Crippen molar-refractivity contribution >= 4 is 29.2 Å². The maximum atomic E-state index is 11.4. The SMILES string of the molecule is CC(=N)c1c(N2CCC(O)CC2)cc(C=O)nc1Nc1ccccc1.CCOC. The molecule has 2 heterocycles. The number of aliphatic hydroxyl groups is 1. The van der Waals surface area contributed by atoms with Gasteiger partial charge in [-0.2, -0.15) is 0 Å². The second kappa shape index (κ2) is 11.3. The molecule has 0 bridgehead atoms. The van der Waals surface area contributed by atoms with Gasteiger partial charge in [-0.25, -0.2) is 4.98 Å². The number of benzene rings is 1. The van der Waals surface area contributed by atoms with Crippen molar-refractivity contribution in [2.45, 2.75) is 32.8 Å². The molecule has 0 atom stereocenters. The summed E-state index contributed by atoms with van der Waals surface area (Å²) in [4.78, 5) is 17.9. The van der Waals surface area contributed by atoms with Crippen LogP contribution >= 0.6 is 0 Å². The molecule has 0 radical (unpaired) electrons. The second-order valence-corrected chi connectivity index (χ2v) is 6.82. The number of aliphatic hydroxyl groups excluding tert-OH is 1. The third kappa shape index (κ3) is 6.37. The number of anilines is 3. The zero-order chi connectivity index (χ0) is 21.2. The van der Waals surface area contributed by atoms with E-state index in [0.29, 0.717) is 48.7 Å². The number of piperidine rings is 1. The van der Waals surface area contributed by atoms with Gasteiger partial charge in [-0.3, -0.25) is 4.79 Å². The molecule has 0 amide bonds. The van der Waals surface area contributed by atoms with Crippen molar-refractivity contribution in [2.24, 2.45) is 0 Å². The Kier molecular flexibility index (Phi) is 8.76. The zero-order valence-corrected chi connectivity index (χ0v) is 17.3. The average Bonchev–Trinajstić information content (AvgIpc) is 2.74. The van der Waals surface area contributed by atoms with E-state index in [1.807, 2.05) is 37.3 Å². The summed E-state index contributed by atoms with van der Waals surface area (Å²) in [7, 11) is 1.68. The van der Waals surface area contributed by atoms with Crippen LogP contribution in [0.5, 0.6) is 0 Å². The van der Waals surface area contributed by atoms with Crippen LogP contribution in [0.1, 0.15) is 42.7 Å². The maximum absolute atomic E-state index is 11.4. The van der Waals surface area contributed by atoms with Crippen molar-refractivity contribution in [2.75, 3.05) is 37.0 Å². The maximum Gasteiger partial charge on any atom is 0.168 e. The van der Waals surface area contributed by atoms with E-state index >= 15 is 0 Å². The van der Waals surface area contributed by atoms with Crippen molar-refractivity contribution in [3.05, 3.63) is 47.7 Å². The Bertz CT molecular complexity index is 801. The van der Waals surface area contributed by atoms with Gasteiger partial charge in [0, 0.05) is 38.2 Å². The number of hydrogen-bond donors (Lipinski definition) is 3. The summed E-state index contributed by atoms with van der Waals surface area (Å²) in [6, 6.07) is 11.3. The van der Waals surface area contributed by atoms with Crippen LogP contribution in [0.3, 0.4) is 0 Å². The Morgan fingerprint density at radius 3 is 2.48 bits per heavy atom. The first-order valence-electron chi connectivity index (χ1n) is 9.79. The number of aldehydes is 1. The highest BCUT2D eigenvalue weighted by Gasteiger charge is 2.23. The molecule has 0 aliphatic carbocycles. The van der Waals surface area contributed by atoms with Gasteiger partial charge in [0.1, 0.15) is 11.5 Å². The lowest BCUT2D eigenvalue weighted by atomic mass is 10.0. The lowest BCUT2D eigenvalue weighted by Gasteiger charge is -2.33. The molecular weight excluding hydrogens is 368 g/mol. The molecule has 2 aromatic rings. The van der Waals surface area contributed by atoms with Gasteiger partial charge in [-0.1, -0.05) is 18.2 Å². The molecule has 1 aromatic carbocycles. The Labute approximate surface area is 172 Å². The Balaban J connectivity index is 0.000000687. The first-order chi connectivity index (χ1) is 14.0. The molecule has 3 N–H and O–H groups in total. The van der Waals surface area contributed by atoms with Gasteiger partial charge < -0.3 is 25.5 Å². The lowest BCUT2D eigenvalue weighted by Crippen LogP contribution is -2.36. The van der Waals surface area contributed by atoms with E-state index in [1.165, 1.54) is 0 Å². The van der Waals surface area contributed by atoms with E-state index in [2.05, 4.69) is 19.9 Å². The number of hydrogen-bond acceptors (Lipinski definition) is 7. The molecule has 1 aliphatic rings. The fraction of sp³-hybridized carbons (Fsp3) is 0.409. The van der Waals surface area contributed by atoms with Gasteiger partial charge in [0.15, 0.2) is 6.29 Å². The largest absolute Gasteiger partial charge is 0.393 e. The van der Waals surface area contributed by atoms with Gasteiger partial charge in [-0.15, -0.1) is 0 Å². The van der Waals surface area contributed by atoms with E-state index in [0.717, 1.165) is 24.3 Å². The smallest absolute Gasteiger partial charge is 0.168 e. The highest BCUT2D eigenvalue weighted by molar-refractivity contribution is 6.07. The minimum Gasteiger partial charge on any atom is -0.393 e. The summed E-state index contributed by atoms with van der Waals surface area (Å²) in [5.74, 6) is 0.504. The monoisotopic (exact) mass is 398 g/mol. The number of carbonyl (C=O) groups is 1. The molecule has 1 aromatic heterocycles. The highest BCUT2D eigenvalue weighted by atomic mass is 16.5. The fourth-order valence-corrected chi connectivity index (χ4v) is 3.09. The highest BCUT2D eigenvalue weighted by Crippen LogP contribution is 2.31. The molecule has 0 saturated carbocycles. The standard InChI is InChI=1S/C19H22N4O2.C3H8O/c1-13(20)18-17(23-9-7-16(25)8-10-23)11-15(12-24)22-19(18)21-14-5-3-2-4-6-14;1-3-4-2/h2-6,11-12,16,20,25H,7-10H2,1H3,(H,21,22);3H2,1-2H3.